The molecule has 0 bridgehead atoms. The topological polar surface area (TPSA) is 26.3 Å². The Morgan fingerprint density at radius 1 is 0.929 bits per heavy atom. The number of rotatable bonds is 5. The van der Waals surface area contributed by atoms with E-state index in [1.165, 1.54) is 17.8 Å². The van der Waals surface area contributed by atoms with E-state index in [-0.39, 0.29) is 5.57 Å². The molecule has 2 unspecified atom stereocenters. The van der Waals surface area contributed by atoms with E-state index in [0.29, 0.717) is 16.7 Å². The lowest BCUT2D eigenvalue weighted by atomic mass is 10.1. The van der Waals surface area contributed by atoms with Gasteiger partial charge in [0.25, 0.3) is 0 Å². The van der Waals surface area contributed by atoms with Crippen LogP contribution in [0.1, 0.15) is 18.1 Å². The molecule has 1 aliphatic heterocycles. The number of cyclic esters (lactones) is 1. The number of hydrogen-bond acceptors (Lipinski definition) is 4. The summed E-state index contributed by atoms with van der Waals surface area (Å²) in [4.78, 5) is 12.4. The van der Waals surface area contributed by atoms with Crippen molar-refractivity contribution in [2.75, 3.05) is 0 Å². The predicted octanol–water partition coefficient (Wildman–Crippen LogP) is 6.32. The van der Waals surface area contributed by atoms with Gasteiger partial charge >= 0.3 is 12.1 Å². The fourth-order valence-electron chi connectivity index (χ4n) is 2.75. The van der Waals surface area contributed by atoms with Gasteiger partial charge in [-0.2, -0.15) is 13.2 Å². The number of carbonyl (C=O) groups is 1. The molecule has 2 atom stereocenters. The molecule has 2 aromatic rings. The molecule has 0 saturated carbocycles. The van der Waals surface area contributed by atoms with Crippen LogP contribution in [0.4, 0.5) is 13.2 Å². The van der Waals surface area contributed by atoms with Crippen LogP contribution in [0.25, 0.3) is 0 Å². The number of benzene rings is 2. The number of aryl methyl sites for hydroxylation is 2. The van der Waals surface area contributed by atoms with E-state index < -0.39 is 22.3 Å². The van der Waals surface area contributed by atoms with Gasteiger partial charge in [0.2, 0.25) is 0 Å². The lowest BCUT2D eigenvalue weighted by Gasteiger charge is -2.20. The minimum Gasteiger partial charge on any atom is -0.440 e. The Balaban J connectivity index is 1.88. The highest BCUT2D eigenvalue weighted by Gasteiger charge is 2.50. The summed E-state index contributed by atoms with van der Waals surface area (Å²) in [6, 6.07) is 14.3. The second kappa shape index (κ2) is 7.87. The quantitative estimate of drug-likeness (QED) is 0.415. The number of ether oxygens (including phenoxy) is 1. The molecule has 0 spiro atoms. The zero-order valence-corrected chi connectivity index (χ0v) is 17.2. The third-order valence-electron chi connectivity index (χ3n) is 4.14. The lowest BCUT2D eigenvalue weighted by molar-refractivity contribution is -0.145. The van der Waals surface area contributed by atoms with Crippen molar-refractivity contribution in [3.63, 3.8) is 0 Å². The molecule has 148 valence electrons. The SMILES string of the molecule is Cc1ccc(SC(C2=CC(C)(Sc3ccc(C)cc3)OC2=O)C(F)(F)F)cc1. The molecule has 2 nitrogen and oxygen atoms in total. The van der Waals surface area contributed by atoms with Crippen molar-refractivity contribution in [3.05, 3.63) is 71.3 Å². The van der Waals surface area contributed by atoms with Crippen molar-refractivity contribution in [2.24, 2.45) is 0 Å². The van der Waals surface area contributed by atoms with Gasteiger partial charge in [0.05, 0.1) is 5.57 Å². The Morgan fingerprint density at radius 2 is 1.43 bits per heavy atom. The zero-order chi connectivity index (χ0) is 20.5. The predicted molar refractivity (Wildman–Crippen MR) is 106 cm³/mol. The smallest absolute Gasteiger partial charge is 0.405 e. The molecular weight excluding hydrogens is 405 g/mol. The molecule has 0 fully saturated rings. The van der Waals surface area contributed by atoms with Crippen LogP contribution in [0.3, 0.4) is 0 Å². The number of halogens is 3. The normalized spacial score (nSPS) is 20.6. The van der Waals surface area contributed by atoms with Crippen molar-refractivity contribution in [2.45, 2.75) is 46.9 Å². The fraction of sp³-hybridized carbons (Fsp3) is 0.286. The largest absolute Gasteiger partial charge is 0.440 e. The van der Waals surface area contributed by atoms with Crippen LogP contribution in [0.5, 0.6) is 0 Å². The average molecular weight is 425 g/mol. The van der Waals surface area contributed by atoms with Crippen LogP contribution in [0.2, 0.25) is 0 Å². The van der Waals surface area contributed by atoms with Crippen LogP contribution >= 0.6 is 23.5 Å². The monoisotopic (exact) mass is 424 g/mol. The number of carbonyl (C=O) groups excluding carboxylic acids is 1. The van der Waals surface area contributed by atoms with Gasteiger partial charge in [-0.3, -0.25) is 0 Å². The number of hydrogen-bond donors (Lipinski definition) is 0. The van der Waals surface area contributed by atoms with Crippen molar-refractivity contribution >= 4 is 29.5 Å². The first-order valence-electron chi connectivity index (χ1n) is 8.57. The van der Waals surface area contributed by atoms with E-state index in [9.17, 15) is 18.0 Å². The Morgan fingerprint density at radius 3 is 1.93 bits per heavy atom. The third kappa shape index (κ3) is 4.94. The Bertz CT molecular complexity index is 889. The summed E-state index contributed by atoms with van der Waals surface area (Å²) in [5.74, 6) is -0.927. The Labute approximate surface area is 170 Å². The summed E-state index contributed by atoms with van der Waals surface area (Å²) in [5.41, 5.74) is 1.66. The van der Waals surface area contributed by atoms with Crippen LogP contribution < -0.4 is 0 Å². The van der Waals surface area contributed by atoms with E-state index >= 15 is 0 Å². The number of alkyl halides is 3. The molecule has 2 aromatic carbocycles. The fourth-order valence-corrected chi connectivity index (χ4v) is 4.78. The molecule has 0 radical (unpaired) electrons. The van der Waals surface area contributed by atoms with Gasteiger partial charge in [-0.15, -0.1) is 11.8 Å². The highest BCUT2D eigenvalue weighted by Crippen LogP contribution is 2.46. The lowest BCUT2D eigenvalue weighted by Crippen LogP contribution is -2.30. The van der Waals surface area contributed by atoms with E-state index in [1.807, 2.05) is 38.1 Å². The Hall–Kier alpha value is -1.86. The van der Waals surface area contributed by atoms with Gasteiger partial charge in [-0.1, -0.05) is 47.2 Å². The van der Waals surface area contributed by atoms with E-state index in [1.54, 1.807) is 31.2 Å². The Kier molecular flexibility index (Phi) is 5.87. The maximum atomic E-state index is 13.8. The zero-order valence-electron chi connectivity index (χ0n) is 15.5. The molecule has 0 aliphatic carbocycles. The highest BCUT2D eigenvalue weighted by molar-refractivity contribution is 8.01. The third-order valence-corrected chi connectivity index (χ3v) is 6.56. The summed E-state index contributed by atoms with van der Waals surface area (Å²) in [7, 11) is 0. The summed E-state index contributed by atoms with van der Waals surface area (Å²) >= 11 is 1.82. The minimum atomic E-state index is -4.58. The van der Waals surface area contributed by atoms with E-state index in [0.717, 1.165) is 16.0 Å². The molecule has 0 aromatic heterocycles. The molecule has 0 amide bonds. The summed E-state index contributed by atoms with van der Waals surface area (Å²) in [5, 5.41) is -1.98. The van der Waals surface area contributed by atoms with Crippen LogP contribution in [0.15, 0.2) is 70.0 Å². The van der Waals surface area contributed by atoms with Gasteiger partial charge in [0.1, 0.15) is 5.25 Å². The van der Waals surface area contributed by atoms with Gasteiger partial charge in [0, 0.05) is 9.79 Å². The van der Waals surface area contributed by atoms with Crippen molar-refractivity contribution in [1.29, 1.82) is 0 Å². The van der Waals surface area contributed by atoms with Crippen molar-refractivity contribution < 1.29 is 22.7 Å². The highest BCUT2D eigenvalue weighted by atomic mass is 32.2. The first kappa shape index (κ1) is 20.9. The molecule has 1 heterocycles. The average Bonchev–Trinajstić information content (AvgIpc) is 2.89. The number of thioether (sulfide) groups is 2. The first-order valence-corrected chi connectivity index (χ1v) is 10.3. The van der Waals surface area contributed by atoms with Crippen LogP contribution in [-0.2, 0) is 9.53 Å². The first-order chi connectivity index (χ1) is 13.1. The van der Waals surface area contributed by atoms with E-state index in [2.05, 4.69) is 0 Å². The van der Waals surface area contributed by atoms with Gasteiger partial charge < -0.3 is 4.74 Å². The van der Waals surface area contributed by atoms with E-state index in [4.69, 9.17) is 4.74 Å². The second-order valence-electron chi connectivity index (χ2n) is 6.77. The summed E-state index contributed by atoms with van der Waals surface area (Å²) in [6.07, 6.45) is -3.28. The van der Waals surface area contributed by atoms with Crippen molar-refractivity contribution in [3.8, 4) is 0 Å². The molecule has 0 saturated heterocycles. The van der Waals surface area contributed by atoms with Gasteiger partial charge in [-0.05, 0) is 51.1 Å². The molecule has 0 N–H and O–H groups in total. The molecular formula is C21H19F3O2S2. The molecule has 3 rings (SSSR count). The summed E-state index contributed by atoms with van der Waals surface area (Å²) < 4.78 is 46.6. The van der Waals surface area contributed by atoms with Crippen LogP contribution in [0, 0.1) is 13.8 Å². The summed E-state index contributed by atoms with van der Waals surface area (Å²) in [6.45, 7) is 5.41. The molecule has 7 heteroatoms. The van der Waals surface area contributed by atoms with Gasteiger partial charge in [0.15, 0.2) is 4.93 Å². The second-order valence-corrected chi connectivity index (χ2v) is 9.44. The number of esters is 1. The standard InChI is InChI=1S/C21H19F3O2S2/c1-13-4-8-15(9-5-13)27-18(21(22,23)24)17-12-20(3,26-19(17)25)28-16-10-6-14(2)7-11-16/h4-12,18H,1-3H3. The minimum absolute atomic E-state index is 0.361. The van der Waals surface area contributed by atoms with Crippen molar-refractivity contribution in [1.82, 2.24) is 0 Å². The van der Waals surface area contributed by atoms with Gasteiger partial charge in [-0.25, -0.2) is 4.79 Å². The molecule has 1 aliphatic rings. The molecule has 28 heavy (non-hydrogen) atoms. The van der Waals surface area contributed by atoms with Crippen LogP contribution in [-0.4, -0.2) is 22.3 Å². The maximum absolute atomic E-state index is 13.8. The maximum Gasteiger partial charge on any atom is 0.405 e.